The van der Waals surface area contributed by atoms with Crippen LogP contribution in [0.15, 0.2) is 57.9 Å². The van der Waals surface area contributed by atoms with E-state index in [0.717, 1.165) is 10.2 Å². The molecule has 7 heteroatoms. The summed E-state index contributed by atoms with van der Waals surface area (Å²) < 4.78 is 6.47. The summed E-state index contributed by atoms with van der Waals surface area (Å²) >= 11 is 6.10. The molecule has 2 heterocycles. The quantitative estimate of drug-likeness (QED) is 0.755. The number of anilines is 1. The molecular formula is C19H18ClN3O3. The first-order chi connectivity index (χ1) is 12.3. The monoisotopic (exact) mass is 371 g/mol. The van der Waals surface area contributed by atoms with Gasteiger partial charge in [0.05, 0.1) is 6.26 Å². The summed E-state index contributed by atoms with van der Waals surface area (Å²) in [7, 11) is 0. The first kappa shape index (κ1) is 17.9. The number of amides is 1. The lowest BCUT2D eigenvalue weighted by molar-refractivity contribution is -0.123. The molecule has 1 N–H and O–H groups in total. The Morgan fingerprint density at radius 2 is 1.96 bits per heavy atom. The van der Waals surface area contributed by atoms with Crippen LogP contribution in [-0.2, 0) is 10.3 Å². The number of hydrogen-bond donors (Lipinski definition) is 1. The summed E-state index contributed by atoms with van der Waals surface area (Å²) in [5.41, 5.74) is 0.195. The van der Waals surface area contributed by atoms with Gasteiger partial charge in [-0.05, 0) is 56.7 Å². The van der Waals surface area contributed by atoms with Gasteiger partial charge in [-0.1, -0.05) is 17.7 Å². The Labute approximate surface area is 155 Å². The Bertz CT molecular complexity index is 1010. The predicted molar refractivity (Wildman–Crippen MR) is 100 cm³/mol. The van der Waals surface area contributed by atoms with Gasteiger partial charge in [0, 0.05) is 16.8 Å². The van der Waals surface area contributed by atoms with Crippen molar-refractivity contribution in [2.45, 2.75) is 26.3 Å². The van der Waals surface area contributed by atoms with Crippen LogP contribution in [0.25, 0.3) is 11.5 Å². The second-order valence-electron chi connectivity index (χ2n) is 6.37. The highest BCUT2D eigenvalue weighted by atomic mass is 35.5. The Morgan fingerprint density at radius 1 is 1.19 bits per heavy atom. The number of furan rings is 1. The van der Waals surface area contributed by atoms with Gasteiger partial charge < -0.3 is 9.73 Å². The van der Waals surface area contributed by atoms with Crippen molar-refractivity contribution in [1.82, 2.24) is 9.78 Å². The van der Waals surface area contributed by atoms with Crippen LogP contribution in [0.5, 0.6) is 0 Å². The first-order valence-electron chi connectivity index (χ1n) is 8.02. The summed E-state index contributed by atoms with van der Waals surface area (Å²) in [6.45, 7) is 5.07. The van der Waals surface area contributed by atoms with Gasteiger partial charge >= 0.3 is 0 Å². The fraction of sp³-hybridized carbons (Fsp3) is 0.211. The zero-order valence-corrected chi connectivity index (χ0v) is 15.4. The zero-order chi connectivity index (χ0) is 18.9. The summed E-state index contributed by atoms with van der Waals surface area (Å²) in [5, 5.41) is 7.69. The van der Waals surface area contributed by atoms with Gasteiger partial charge in [0.2, 0.25) is 0 Å². The van der Waals surface area contributed by atoms with Gasteiger partial charge in [-0.3, -0.25) is 9.59 Å². The molecule has 0 aliphatic carbocycles. The molecule has 0 bridgehead atoms. The van der Waals surface area contributed by atoms with E-state index in [1.807, 2.05) is 6.92 Å². The fourth-order valence-corrected chi connectivity index (χ4v) is 2.66. The van der Waals surface area contributed by atoms with Crippen molar-refractivity contribution in [2.24, 2.45) is 0 Å². The number of aromatic nitrogens is 2. The Hall–Kier alpha value is -2.86. The molecule has 134 valence electrons. The predicted octanol–water partition coefficient (Wildman–Crippen LogP) is 3.84. The van der Waals surface area contributed by atoms with Gasteiger partial charge in [0.25, 0.3) is 11.5 Å². The van der Waals surface area contributed by atoms with Crippen LogP contribution in [0.2, 0.25) is 5.02 Å². The van der Waals surface area contributed by atoms with Crippen molar-refractivity contribution in [3.8, 4) is 11.5 Å². The van der Waals surface area contributed by atoms with Crippen LogP contribution in [0, 0.1) is 6.92 Å². The summed E-state index contributed by atoms with van der Waals surface area (Å²) in [6.07, 6.45) is 1.52. The van der Waals surface area contributed by atoms with Crippen molar-refractivity contribution in [2.75, 3.05) is 5.32 Å². The number of carbonyl (C=O) groups excluding carboxylic acids is 1. The third kappa shape index (κ3) is 3.28. The average molecular weight is 372 g/mol. The molecule has 1 amide bonds. The largest absolute Gasteiger partial charge is 0.463 e. The van der Waals surface area contributed by atoms with Gasteiger partial charge in [0.15, 0.2) is 5.76 Å². The molecule has 2 aromatic heterocycles. The SMILES string of the molecule is Cc1c(Cl)cccc1NC(=O)C(C)(C)n1nc(-c2ccco2)ccc1=O. The molecule has 0 saturated carbocycles. The highest BCUT2D eigenvalue weighted by molar-refractivity contribution is 6.31. The van der Waals surface area contributed by atoms with Crippen LogP contribution in [-0.4, -0.2) is 15.7 Å². The van der Waals surface area contributed by atoms with Crippen LogP contribution in [0.4, 0.5) is 5.69 Å². The van der Waals surface area contributed by atoms with E-state index in [2.05, 4.69) is 10.4 Å². The molecule has 0 aliphatic heterocycles. The van der Waals surface area contributed by atoms with Crippen LogP contribution < -0.4 is 10.9 Å². The first-order valence-corrected chi connectivity index (χ1v) is 8.40. The standard InChI is InChI=1S/C19H18ClN3O3/c1-12-13(20)6-4-7-14(12)21-18(25)19(2,3)23-17(24)10-9-15(22-23)16-8-5-11-26-16/h4-11H,1-3H3,(H,21,25). The van der Waals surface area contributed by atoms with Gasteiger partial charge in [0.1, 0.15) is 11.2 Å². The number of carbonyl (C=O) groups is 1. The molecule has 3 rings (SSSR count). The van der Waals surface area contributed by atoms with E-state index in [1.165, 1.54) is 12.3 Å². The van der Waals surface area contributed by atoms with Crippen LogP contribution >= 0.6 is 11.6 Å². The molecule has 0 radical (unpaired) electrons. The lowest BCUT2D eigenvalue weighted by atomic mass is 10.0. The van der Waals surface area contributed by atoms with Gasteiger partial charge in [-0.15, -0.1) is 0 Å². The summed E-state index contributed by atoms with van der Waals surface area (Å²) in [4.78, 5) is 25.2. The van der Waals surface area contributed by atoms with Crippen molar-refractivity contribution in [3.05, 3.63) is 69.7 Å². The molecule has 0 spiro atoms. The average Bonchev–Trinajstić information content (AvgIpc) is 3.13. The molecule has 3 aromatic rings. The Morgan fingerprint density at radius 3 is 2.65 bits per heavy atom. The lowest BCUT2D eigenvalue weighted by Gasteiger charge is -2.25. The molecular weight excluding hydrogens is 354 g/mol. The number of halogens is 1. The van der Waals surface area contributed by atoms with Crippen molar-refractivity contribution in [3.63, 3.8) is 0 Å². The second-order valence-corrected chi connectivity index (χ2v) is 6.78. The van der Waals surface area contributed by atoms with Crippen molar-refractivity contribution < 1.29 is 9.21 Å². The molecule has 1 aromatic carbocycles. The fourth-order valence-electron chi connectivity index (χ4n) is 2.48. The normalized spacial score (nSPS) is 11.4. The molecule has 0 fully saturated rings. The number of nitrogens with zero attached hydrogens (tertiary/aromatic N) is 2. The molecule has 26 heavy (non-hydrogen) atoms. The van der Waals surface area contributed by atoms with E-state index in [-0.39, 0.29) is 11.5 Å². The van der Waals surface area contributed by atoms with E-state index in [1.54, 1.807) is 50.2 Å². The number of hydrogen-bond acceptors (Lipinski definition) is 4. The minimum atomic E-state index is -1.23. The minimum Gasteiger partial charge on any atom is -0.463 e. The third-order valence-electron chi connectivity index (χ3n) is 4.17. The Kier molecular flexibility index (Phi) is 4.70. The van der Waals surface area contributed by atoms with Crippen molar-refractivity contribution in [1.29, 1.82) is 0 Å². The highest BCUT2D eigenvalue weighted by Crippen LogP contribution is 2.25. The summed E-state index contributed by atoms with van der Waals surface area (Å²) in [5.74, 6) is 0.134. The Balaban J connectivity index is 1.97. The topological polar surface area (TPSA) is 77.1 Å². The molecule has 0 atom stereocenters. The third-order valence-corrected chi connectivity index (χ3v) is 4.58. The van der Waals surface area contributed by atoms with Gasteiger partial charge in [-0.2, -0.15) is 5.10 Å². The molecule has 6 nitrogen and oxygen atoms in total. The number of rotatable bonds is 4. The van der Waals surface area contributed by atoms with Crippen molar-refractivity contribution >= 4 is 23.2 Å². The maximum absolute atomic E-state index is 12.9. The summed E-state index contributed by atoms with van der Waals surface area (Å²) in [6, 6.07) is 11.6. The van der Waals surface area contributed by atoms with E-state index < -0.39 is 5.54 Å². The number of nitrogens with one attached hydrogen (secondary N) is 1. The zero-order valence-electron chi connectivity index (χ0n) is 14.6. The lowest BCUT2D eigenvalue weighted by Crippen LogP contribution is -2.47. The maximum atomic E-state index is 12.9. The molecule has 0 unspecified atom stereocenters. The van der Waals surface area contributed by atoms with E-state index in [0.29, 0.717) is 22.2 Å². The van der Waals surface area contributed by atoms with Crippen LogP contribution in [0.1, 0.15) is 19.4 Å². The molecule has 0 saturated heterocycles. The minimum absolute atomic E-state index is 0.380. The second kappa shape index (κ2) is 6.80. The molecule has 0 aliphatic rings. The highest BCUT2D eigenvalue weighted by Gasteiger charge is 2.32. The van der Waals surface area contributed by atoms with Crippen LogP contribution in [0.3, 0.4) is 0 Å². The van der Waals surface area contributed by atoms with E-state index >= 15 is 0 Å². The van der Waals surface area contributed by atoms with E-state index in [4.69, 9.17) is 16.0 Å². The maximum Gasteiger partial charge on any atom is 0.267 e. The van der Waals surface area contributed by atoms with Gasteiger partial charge in [-0.25, -0.2) is 4.68 Å². The van der Waals surface area contributed by atoms with E-state index in [9.17, 15) is 9.59 Å². The number of benzene rings is 1. The smallest absolute Gasteiger partial charge is 0.267 e.